The molecule has 0 aliphatic heterocycles. The molecule has 0 bridgehead atoms. The number of unbranched alkanes of at least 4 members (excludes halogenated alkanes) is 4. The summed E-state index contributed by atoms with van der Waals surface area (Å²) >= 11 is 0. The van der Waals surface area contributed by atoms with Gasteiger partial charge in [-0.2, -0.15) is 0 Å². The third-order valence-corrected chi connectivity index (χ3v) is 4.07. The molecule has 0 aliphatic rings. The van der Waals surface area contributed by atoms with Gasteiger partial charge < -0.3 is 4.57 Å². The molecule has 0 radical (unpaired) electrons. The molecule has 1 atom stereocenters. The van der Waals surface area contributed by atoms with E-state index in [1.54, 1.807) is 0 Å². The van der Waals surface area contributed by atoms with Crippen molar-refractivity contribution >= 4 is 6.08 Å². The van der Waals surface area contributed by atoms with E-state index in [1.165, 1.54) is 51.4 Å². The smallest absolute Gasteiger partial charge is 0.132 e. The van der Waals surface area contributed by atoms with Gasteiger partial charge in [-0.25, -0.2) is 4.98 Å². The van der Waals surface area contributed by atoms with Crippen molar-refractivity contribution in [3.63, 3.8) is 0 Å². The summed E-state index contributed by atoms with van der Waals surface area (Å²) in [5.74, 6) is 1.01. The van der Waals surface area contributed by atoms with Crippen LogP contribution in [0.5, 0.6) is 0 Å². The Morgan fingerprint density at radius 1 is 1.16 bits per heavy atom. The van der Waals surface area contributed by atoms with Crippen molar-refractivity contribution in [3.05, 3.63) is 24.8 Å². The highest BCUT2D eigenvalue weighted by Gasteiger charge is 2.26. The van der Waals surface area contributed by atoms with E-state index < -0.39 is 0 Å². The summed E-state index contributed by atoms with van der Waals surface area (Å²) in [5, 5.41) is 0. The van der Waals surface area contributed by atoms with Gasteiger partial charge in [0.2, 0.25) is 0 Å². The molecule has 0 N–H and O–H groups in total. The van der Waals surface area contributed by atoms with Gasteiger partial charge in [-0.05, 0) is 25.8 Å². The monoisotopic (exact) mass is 262 g/mol. The second-order valence-corrected chi connectivity index (χ2v) is 5.77. The predicted octanol–water partition coefficient (Wildman–Crippen LogP) is 5.40. The van der Waals surface area contributed by atoms with E-state index in [2.05, 4.69) is 43.1 Å². The minimum absolute atomic E-state index is 0.198. The number of imidazole rings is 1. The van der Waals surface area contributed by atoms with Crippen molar-refractivity contribution in [2.75, 3.05) is 0 Å². The Hall–Kier alpha value is -1.05. The normalized spacial score (nSPS) is 14.3. The zero-order valence-electron chi connectivity index (χ0n) is 13.0. The van der Waals surface area contributed by atoms with E-state index in [9.17, 15) is 0 Å². The summed E-state index contributed by atoms with van der Waals surface area (Å²) in [5.41, 5.74) is 0.198. The molecule has 1 aromatic rings. The van der Waals surface area contributed by atoms with E-state index >= 15 is 0 Å². The predicted molar refractivity (Wildman–Crippen MR) is 84.3 cm³/mol. The van der Waals surface area contributed by atoms with Crippen molar-refractivity contribution in [2.45, 2.75) is 77.7 Å². The summed E-state index contributed by atoms with van der Waals surface area (Å²) in [4.78, 5) is 4.40. The lowest BCUT2D eigenvalue weighted by Gasteiger charge is -2.33. The Kier molecular flexibility index (Phi) is 6.90. The van der Waals surface area contributed by atoms with Gasteiger partial charge in [-0.15, -0.1) is 0 Å². The molecule has 0 saturated carbocycles. The zero-order chi connectivity index (χ0) is 14.1. The Balaban J connectivity index is 2.76. The minimum Gasteiger partial charge on any atom is -0.326 e. The molecule has 1 unspecified atom stereocenters. The number of hydrogen-bond donors (Lipinski definition) is 0. The maximum atomic E-state index is 4.40. The van der Waals surface area contributed by atoms with E-state index in [0.29, 0.717) is 0 Å². The molecule has 2 heteroatoms. The van der Waals surface area contributed by atoms with Crippen LogP contribution in [0.25, 0.3) is 6.08 Å². The summed E-state index contributed by atoms with van der Waals surface area (Å²) in [7, 11) is 0. The molecule has 0 aromatic carbocycles. The molecule has 1 heterocycles. The van der Waals surface area contributed by atoms with Crippen LogP contribution in [0.4, 0.5) is 0 Å². The first-order chi connectivity index (χ1) is 9.18. The molecule has 0 aliphatic carbocycles. The third kappa shape index (κ3) is 4.52. The Bertz CT molecular complexity index is 367. The quantitative estimate of drug-likeness (QED) is 0.516. The second kappa shape index (κ2) is 8.19. The van der Waals surface area contributed by atoms with Gasteiger partial charge in [0.15, 0.2) is 0 Å². The van der Waals surface area contributed by atoms with Crippen LogP contribution in [0.15, 0.2) is 19.0 Å². The summed E-state index contributed by atoms with van der Waals surface area (Å²) < 4.78 is 2.33. The molecule has 0 fully saturated rings. The summed E-state index contributed by atoms with van der Waals surface area (Å²) in [6.07, 6.45) is 16.2. The fourth-order valence-electron chi connectivity index (χ4n) is 2.78. The van der Waals surface area contributed by atoms with Crippen LogP contribution in [0, 0.1) is 0 Å². The van der Waals surface area contributed by atoms with Crippen LogP contribution in [-0.4, -0.2) is 9.55 Å². The first-order valence-corrected chi connectivity index (χ1v) is 7.84. The molecule has 1 aromatic heterocycles. The van der Waals surface area contributed by atoms with Gasteiger partial charge in [-0.3, -0.25) is 0 Å². The third-order valence-electron chi connectivity index (χ3n) is 4.07. The topological polar surface area (TPSA) is 17.8 Å². The van der Waals surface area contributed by atoms with Crippen LogP contribution in [-0.2, 0) is 5.54 Å². The lowest BCUT2D eigenvalue weighted by molar-refractivity contribution is 0.251. The van der Waals surface area contributed by atoms with Crippen molar-refractivity contribution < 1.29 is 0 Å². The average molecular weight is 262 g/mol. The standard InChI is InChI=1S/C17H30N2/c1-5-8-10-11-13-17(4,12-9-6-2)19-15-14-18-16(19)7-3/h7,14-15H,3,5-6,8-13H2,1-2,4H3. The van der Waals surface area contributed by atoms with Crippen LogP contribution in [0.2, 0.25) is 0 Å². The first kappa shape index (κ1) is 16.0. The summed E-state index contributed by atoms with van der Waals surface area (Å²) in [6, 6.07) is 0. The van der Waals surface area contributed by atoms with E-state index in [0.717, 1.165) is 5.82 Å². The number of aromatic nitrogens is 2. The Morgan fingerprint density at radius 3 is 2.47 bits per heavy atom. The van der Waals surface area contributed by atoms with Gasteiger partial charge >= 0.3 is 0 Å². The molecule has 0 spiro atoms. The van der Waals surface area contributed by atoms with Gasteiger partial charge in [0.1, 0.15) is 5.82 Å². The van der Waals surface area contributed by atoms with E-state index in [1.807, 2.05) is 12.3 Å². The molecule has 0 amide bonds. The average Bonchev–Trinajstić information content (AvgIpc) is 2.90. The fourth-order valence-corrected chi connectivity index (χ4v) is 2.78. The number of nitrogens with zero attached hydrogens (tertiary/aromatic N) is 2. The van der Waals surface area contributed by atoms with Crippen molar-refractivity contribution in [3.8, 4) is 0 Å². The molecule has 0 saturated heterocycles. The highest BCUT2D eigenvalue weighted by atomic mass is 15.1. The van der Waals surface area contributed by atoms with E-state index in [-0.39, 0.29) is 5.54 Å². The number of hydrogen-bond acceptors (Lipinski definition) is 1. The van der Waals surface area contributed by atoms with Crippen molar-refractivity contribution in [1.82, 2.24) is 9.55 Å². The Morgan fingerprint density at radius 2 is 1.84 bits per heavy atom. The maximum absolute atomic E-state index is 4.40. The molecule has 1 rings (SSSR count). The van der Waals surface area contributed by atoms with Gasteiger partial charge in [0.25, 0.3) is 0 Å². The van der Waals surface area contributed by atoms with Crippen LogP contribution in [0.1, 0.15) is 78.0 Å². The molecule has 2 nitrogen and oxygen atoms in total. The summed E-state index contributed by atoms with van der Waals surface area (Å²) in [6.45, 7) is 10.8. The maximum Gasteiger partial charge on any atom is 0.132 e. The van der Waals surface area contributed by atoms with E-state index in [4.69, 9.17) is 0 Å². The molecular weight excluding hydrogens is 232 g/mol. The van der Waals surface area contributed by atoms with Crippen molar-refractivity contribution in [2.24, 2.45) is 0 Å². The van der Waals surface area contributed by atoms with Gasteiger partial charge in [0.05, 0.1) is 0 Å². The second-order valence-electron chi connectivity index (χ2n) is 5.77. The highest BCUT2D eigenvalue weighted by molar-refractivity contribution is 5.37. The lowest BCUT2D eigenvalue weighted by atomic mass is 9.88. The highest BCUT2D eigenvalue weighted by Crippen LogP contribution is 2.31. The van der Waals surface area contributed by atoms with Crippen LogP contribution >= 0.6 is 0 Å². The number of rotatable bonds is 10. The molecule has 19 heavy (non-hydrogen) atoms. The van der Waals surface area contributed by atoms with Crippen LogP contribution in [0.3, 0.4) is 0 Å². The molecular formula is C17H30N2. The first-order valence-electron chi connectivity index (χ1n) is 7.84. The Labute approximate surface area is 118 Å². The van der Waals surface area contributed by atoms with Gasteiger partial charge in [-0.1, -0.05) is 59.0 Å². The van der Waals surface area contributed by atoms with Gasteiger partial charge in [0, 0.05) is 17.9 Å². The lowest BCUT2D eigenvalue weighted by Crippen LogP contribution is -2.30. The van der Waals surface area contributed by atoms with Crippen molar-refractivity contribution in [1.29, 1.82) is 0 Å². The molecule has 108 valence electrons. The zero-order valence-corrected chi connectivity index (χ0v) is 13.0. The fraction of sp³-hybridized carbons (Fsp3) is 0.706. The van der Waals surface area contributed by atoms with Crippen LogP contribution < -0.4 is 0 Å². The largest absolute Gasteiger partial charge is 0.326 e. The minimum atomic E-state index is 0.198. The SMILES string of the molecule is C=Cc1nccn1C(C)(CCCC)CCCCCC.